The van der Waals surface area contributed by atoms with Crippen LogP contribution in [-0.2, 0) is 26.1 Å². The normalized spacial score (nSPS) is 14.7. The van der Waals surface area contributed by atoms with Crippen molar-refractivity contribution in [3.8, 4) is 17.9 Å². The molecule has 1 aliphatic heterocycles. The van der Waals surface area contributed by atoms with Crippen LogP contribution < -0.4 is 16.0 Å². The maximum atomic E-state index is 13.4. The first-order chi connectivity index (χ1) is 23.7. The number of amides is 4. The molecule has 4 amide bonds. The number of halogens is 3. The number of hydrogen-bond donors (Lipinski definition) is 3. The summed E-state index contributed by atoms with van der Waals surface area (Å²) in [5.41, 5.74) is -1.78. The number of nitrogens with one attached hydrogen (secondary N) is 3. The van der Waals surface area contributed by atoms with E-state index in [2.05, 4.69) is 32.9 Å². The molecule has 1 aromatic heterocycles. The van der Waals surface area contributed by atoms with Gasteiger partial charge in [-0.15, -0.1) is 0 Å². The Balaban J connectivity index is 1.42. The van der Waals surface area contributed by atoms with E-state index < -0.39 is 52.5 Å². The number of fused-ring (bicyclic) bond motifs is 1. The number of likely N-dealkylation sites (N-methyl/N-ethyl adjacent to an activating group) is 1. The Kier molecular flexibility index (Phi) is 11.1. The molecule has 3 atom stereocenters. The minimum Gasteiger partial charge on any atom is -0.384 e. The van der Waals surface area contributed by atoms with E-state index in [1.807, 2.05) is 6.92 Å². The van der Waals surface area contributed by atoms with Crippen LogP contribution >= 0.6 is 0 Å². The summed E-state index contributed by atoms with van der Waals surface area (Å²) < 4.78 is 41.7. The molecule has 0 saturated heterocycles. The highest BCUT2D eigenvalue weighted by Crippen LogP contribution is 2.34. The number of carbonyl (C=O) groups excluding carboxylic acids is 5. The fourth-order valence-electron chi connectivity index (χ4n) is 5.25. The third kappa shape index (κ3) is 7.68. The van der Waals surface area contributed by atoms with Gasteiger partial charge in [0.1, 0.15) is 17.9 Å². The van der Waals surface area contributed by atoms with Gasteiger partial charge in [-0.25, -0.2) is 0 Å². The fourth-order valence-corrected chi connectivity index (χ4v) is 5.25. The van der Waals surface area contributed by atoms with E-state index in [0.717, 1.165) is 17.0 Å². The van der Waals surface area contributed by atoms with Crippen molar-refractivity contribution in [2.24, 2.45) is 5.92 Å². The Morgan fingerprint density at radius 2 is 1.78 bits per heavy atom. The van der Waals surface area contributed by atoms with Gasteiger partial charge in [-0.3, -0.25) is 28.8 Å². The zero-order valence-corrected chi connectivity index (χ0v) is 27.6. The highest BCUT2D eigenvalue weighted by Gasteiger charge is 2.42. The van der Waals surface area contributed by atoms with Crippen LogP contribution in [0, 0.1) is 29.1 Å². The summed E-state index contributed by atoms with van der Waals surface area (Å²) in [7, 11) is 1.38. The summed E-state index contributed by atoms with van der Waals surface area (Å²) in [6, 6.07) is 8.00. The van der Waals surface area contributed by atoms with Gasteiger partial charge < -0.3 is 20.7 Å². The Hall–Kier alpha value is -5.96. The van der Waals surface area contributed by atoms with E-state index in [1.54, 1.807) is 26.1 Å². The lowest BCUT2D eigenvalue weighted by molar-refractivity contribution is -0.137. The maximum Gasteiger partial charge on any atom is 0.417 e. The van der Waals surface area contributed by atoms with Gasteiger partial charge in [0.2, 0.25) is 5.91 Å². The van der Waals surface area contributed by atoms with Gasteiger partial charge >= 0.3 is 6.18 Å². The second-order valence-electron chi connectivity index (χ2n) is 11.8. The predicted octanol–water partition coefficient (Wildman–Crippen LogP) is 4.33. The van der Waals surface area contributed by atoms with Crippen molar-refractivity contribution in [1.29, 1.82) is 5.26 Å². The molecule has 3 N–H and O–H groups in total. The summed E-state index contributed by atoms with van der Waals surface area (Å²) in [6.07, 6.45) is -0.879. The van der Waals surface area contributed by atoms with Crippen LogP contribution in [0.4, 0.5) is 24.5 Å². The Labute approximate surface area is 286 Å². The van der Waals surface area contributed by atoms with Crippen molar-refractivity contribution in [2.45, 2.75) is 57.8 Å². The number of nitriles is 1. The fraction of sp³-hybridized carbons (Fsp3) is 0.343. The van der Waals surface area contributed by atoms with Crippen LogP contribution in [0.1, 0.15) is 77.4 Å². The molecule has 2 aromatic carbocycles. The van der Waals surface area contributed by atoms with Gasteiger partial charge in [-0.2, -0.15) is 23.5 Å². The standard InChI is InChI=1S/C35H34F3N7O5/c1-5-34(3,33(50)43-25-11-10-23(17-39)28(16-25)35(36,37)38)44-20-22(19-42-44)9-8-21(2)18-41-24-12-13-26-27(15-24)32(49)45(31(26)48)29(7-6-14-46)30(47)40-4/h10-16,19-21,29,41H,5-7,18H2,1-4H3,(H,40,47)(H,43,50). The molecule has 0 bridgehead atoms. The van der Waals surface area contributed by atoms with Gasteiger partial charge in [0.15, 0.2) is 0 Å². The lowest BCUT2D eigenvalue weighted by Gasteiger charge is -2.27. The van der Waals surface area contributed by atoms with Crippen molar-refractivity contribution < 1.29 is 37.1 Å². The SMILES string of the molecule is CCC(C)(C(=O)Nc1ccc(C#N)c(C(F)(F)F)c1)n1cc(C#CC(C)CNc2ccc3c(c2)C(=O)N(C(CCC=O)C(=O)NC)C3=O)cn1. The molecule has 50 heavy (non-hydrogen) atoms. The molecular weight excluding hydrogens is 655 g/mol. The molecule has 0 radical (unpaired) electrons. The van der Waals surface area contributed by atoms with Crippen molar-refractivity contribution in [2.75, 3.05) is 24.2 Å². The first-order valence-electron chi connectivity index (χ1n) is 15.6. The molecule has 2 heterocycles. The maximum absolute atomic E-state index is 13.4. The second kappa shape index (κ2) is 15.1. The lowest BCUT2D eigenvalue weighted by Crippen LogP contribution is -2.48. The van der Waals surface area contributed by atoms with Gasteiger partial charge in [-0.1, -0.05) is 18.8 Å². The number of benzene rings is 2. The average Bonchev–Trinajstić information content (AvgIpc) is 3.68. The second-order valence-corrected chi connectivity index (χ2v) is 11.8. The quantitative estimate of drug-likeness (QED) is 0.144. The third-order valence-corrected chi connectivity index (χ3v) is 8.38. The van der Waals surface area contributed by atoms with E-state index in [9.17, 15) is 37.1 Å². The monoisotopic (exact) mass is 689 g/mol. The van der Waals surface area contributed by atoms with Crippen LogP contribution in [0.3, 0.4) is 0 Å². The minimum absolute atomic E-state index is 0.000192. The van der Waals surface area contributed by atoms with Crippen LogP contribution in [0.5, 0.6) is 0 Å². The van der Waals surface area contributed by atoms with Gasteiger partial charge in [0.25, 0.3) is 17.7 Å². The van der Waals surface area contributed by atoms with Crippen LogP contribution in [0.25, 0.3) is 0 Å². The number of imide groups is 1. The van der Waals surface area contributed by atoms with Crippen LogP contribution in [0.15, 0.2) is 48.8 Å². The molecule has 4 rings (SSSR count). The van der Waals surface area contributed by atoms with Crippen molar-refractivity contribution in [3.63, 3.8) is 0 Å². The zero-order valence-electron chi connectivity index (χ0n) is 27.6. The van der Waals surface area contributed by atoms with Crippen molar-refractivity contribution in [3.05, 3.63) is 76.6 Å². The molecule has 3 unspecified atom stereocenters. The predicted molar refractivity (Wildman–Crippen MR) is 176 cm³/mol. The first kappa shape index (κ1) is 36.9. The number of rotatable bonds is 12. The molecule has 0 fully saturated rings. The number of anilines is 2. The number of aldehydes is 1. The number of carbonyl (C=O) groups is 5. The molecule has 3 aromatic rings. The van der Waals surface area contributed by atoms with E-state index >= 15 is 0 Å². The summed E-state index contributed by atoms with van der Waals surface area (Å²) in [6.45, 7) is 5.52. The van der Waals surface area contributed by atoms with Gasteiger partial charge in [0, 0.05) is 43.5 Å². The van der Waals surface area contributed by atoms with Gasteiger partial charge in [-0.05, 0) is 63.1 Å². The van der Waals surface area contributed by atoms with E-state index in [-0.39, 0.29) is 42.0 Å². The molecular formula is C35H34F3N7O5. The molecule has 260 valence electrons. The minimum atomic E-state index is -4.78. The van der Waals surface area contributed by atoms with Gasteiger partial charge in [0.05, 0.1) is 40.1 Å². The van der Waals surface area contributed by atoms with Crippen molar-refractivity contribution in [1.82, 2.24) is 20.0 Å². The Morgan fingerprint density at radius 3 is 2.42 bits per heavy atom. The van der Waals surface area contributed by atoms with Crippen LogP contribution in [-0.4, -0.2) is 64.2 Å². The van der Waals surface area contributed by atoms with E-state index in [0.29, 0.717) is 24.1 Å². The Bertz CT molecular complexity index is 1940. The highest BCUT2D eigenvalue weighted by atomic mass is 19.4. The largest absolute Gasteiger partial charge is 0.417 e. The van der Waals surface area contributed by atoms with E-state index in [1.165, 1.54) is 42.2 Å². The summed E-state index contributed by atoms with van der Waals surface area (Å²) in [4.78, 5) is 63.7. The van der Waals surface area contributed by atoms with Crippen LogP contribution in [0.2, 0.25) is 0 Å². The first-order valence-corrected chi connectivity index (χ1v) is 15.6. The molecule has 0 saturated carbocycles. The average molecular weight is 690 g/mol. The third-order valence-electron chi connectivity index (χ3n) is 8.38. The lowest BCUT2D eigenvalue weighted by atomic mass is 9.97. The summed E-state index contributed by atoms with van der Waals surface area (Å²) in [5.74, 6) is 3.45. The summed E-state index contributed by atoms with van der Waals surface area (Å²) in [5, 5.41) is 21.4. The molecule has 12 nitrogen and oxygen atoms in total. The zero-order chi connectivity index (χ0) is 36.8. The molecule has 0 spiro atoms. The number of nitrogens with zero attached hydrogens (tertiary/aromatic N) is 4. The van der Waals surface area contributed by atoms with E-state index in [4.69, 9.17) is 5.26 Å². The highest BCUT2D eigenvalue weighted by molar-refractivity contribution is 6.23. The molecule has 15 heteroatoms. The Morgan fingerprint density at radius 1 is 1.08 bits per heavy atom. The summed E-state index contributed by atoms with van der Waals surface area (Å²) >= 11 is 0. The smallest absolute Gasteiger partial charge is 0.384 e. The number of hydrogen-bond acceptors (Lipinski definition) is 8. The van der Waals surface area contributed by atoms with Crippen molar-refractivity contribution >= 4 is 41.3 Å². The number of aromatic nitrogens is 2. The topological polar surface area (TPSA) is 166 Å². The molecule has 0 aliphatic carbocycles. The molecule has 1 aliphatic rings. The number of alkyl halides is 3.